The van der Waals surface area contributed by atoms with E-state index in [2.05, 4.69) is 14.9 Å². The highest BCUT2D eigenvalue weighted by molar-refractivity contribution is 6.22. The number of carbonyl (C=O) groups excluding carboxylic acids is 3. The highest BCUT2D eigenvalue weighted by Gasteiger charge is 2.41. The van der Waals surface area contributed by atoms with Crippen LogP contribution >= 0.6 is 0 Å². The van der Waals surface area contributed by atoms with E-state index in [9.17, 15) is 19.5 Å². The Morgan fingerprint density at radius 1 is 0.875 bits per heavy atom. The summed E-state index contributed by atoms with van der Waals surface area (Å²) in [5, 5.41) is 12.0. The fourth-order valence-corrected chi connectivity index (χ4v) is 6.11. The minimum atomic E-state index is -1.02. The number of benzene rings is 4. The SMILES string of the molecule is O=C(NC1CC(=O)N(c2ccc([C@H]3O[C@@H](Cn4cnc5ccccc54)C[C@@H](c4ccc(CO)cc4)O3)cc2)C1=O)OCc1ccccc1. The Hall–Kier alpha value is -5.36. The van der Waals surface area contributed by atoms with Gasteiger partial charge in [0.2, 0.25) is 5.91 Å². The normalized spacial score (nSPS) is 21.1. The summed E-state index contributed by atoms with van der Waals surface area (Å²) >= 11 is 0. The van der Waals surface area contributed by atoms with Crippen molar-refractivity contribution in [2.45, 2.75) is 57.1 Å². The molecule has 7 rings (SSSR count). The molecule has 3 heterocycles. The van der Waals surface area contributed by atoms with Gasteiger partial charge in [-0.15, -0.1) is 0 Å². The smallest absolute Gasteiger partial charge is 0.408 e. The molecule has 2 saturated heterocycles. The van der Waals surface area contributed by atoms with E-state index in [0.717, 1.165) is 32.6 Å². The number of amides is 3. The van der Waals surface area contributed by atoms with Crippen LogP contribution in [0.15, 0.2) is 109 Å². The van der Waals surface area contributed by atoms with Crippen molar-refractivity contribution in [3.63, 3.8) is 0 Å². The summed E-state index contributed by atoms with van der Waals surface area (Å²) in [6.07, 6.45) is 0.231. The highest BCUT2D eigenvalue weighted by Crippen LogP contribution is 2.39. The van der Waals surface area contributed by atoms with Crippen molar-refractivity contribution in [3.8, 4) is 0 Å². The standard InChI is InChI=1S/C37H34N4O7/c42-21-24-10-12-26(13-11-24)33-18-29(20-40-23-38-30-8-4-5-9-32(30)40)47-36(48-33)27-14-16-28(17-15-27)41-34(43)19-31(35(41)44)39-37(45)46-22-25-6-2-1-3-7-25/h1-17,23,29,31,33,36,42H,18-22H2,(H,39,45)/t29-,31?,33+,36+/m1/s1. The van der Waals surface area contributed by atoms with Crippen molar-refractivity contribution < 1.29 is 33.7 Å². The molecule has 2 aliphatic rings. The van der Waals surface area contributed by atoms with Gasteiger partial charge >= 0.3 is 6.09 Å². The Balaban J connectivity index is 1.05. The largest absolute Gasteiger partial charge is 0.445 e. The maximum atomic E-state index is 13.2. The fraction of sp³-hybridized carbons (Fsp3) is 0.243. The Kier molecular flexibility index (Phi) is 8.97. The Morgan fingerprint density at radius 2 is 1.60 bits per heavy atom. The molecule has 0 aliphatic carbocycles. The van der Waals surface area contributed by atoms with Gasteiger partial charge < -0.3 is 29.2 Å². The van der Waals surface area contributed by atoms with E-state index in [4.69, 9.17) is 14.2 Å². The molecule has 1 aromatic heterocycles. The van der Waals surface area contributed by atoms with Crippen LogP contribution in [-0.4, -0.2) is 44.7 Å². The van der Waals surface area contributed by atoms with E-state index in [-0.39, 0.29) is 31.8 Å². The van der Waals surface area contributed by atoms with Crippen LogP contribution in [0.1, 0.15) is 47.5 Å². The molecule has 0 bridgehead atoms. The lowest BCUT2D eigenvalue weighted by atomic mass is 10.00. The molecule has 3 amide bonds. The third kappa shape index (κ3) is 6.70. The molecule has 2 aliphatic heterocycles. The number of rotatable bonds is 9. The molecule has 0 spiro atoms. The number of imide groups is 1. The van der Waals surface area contributed by atoms with Crippen molar-refractivity contribution in [1.82, 2.24) is 14.9 Å². The fourth-order valence-electron chi connectivity index (χ4n) is 6.11. The number of alkyl carbamates (subject to hydrolysis) is 1. The first-order chi connectivity index (χ1) is 23.4. The van der Waals surface area contributed by atoms with Crippen LogP contribution in [0.5, 0.6) is 0 Å². The molecule has 1 unspecified atom stereocenters. The summed E-state index contributed by atoms with van der Waals surface area (Å²) in [6.45, 7) is 0.562. The Bertz CT molecular complexity index is 1910. The molecule has 244 valence electrons. The number of hydrogen-bond donors (Lipinski definition) is 2. The van der Waals surface area contributed by atoms with Crippen LogP contribution in [0, 0.1) is 0 Å². The van der Waals surface area contributed by atoms with E-state index in [1.807, 2.05) is 85.2 Å². The first-order valence-corrected chi connectivity index (χ1v) is 15.8. The number of anilines is 1. The average Bonchev–Trinajstić information content (AvgIpc) is 3.66. The summed E-state index contributed by atoms with van der Waals surface area (Å²) in [7, 11) is 0. The maximum Gasteiger partial charge on any atom is 0.408 e. The minimum Gasteiger partial charge on any atom is -0.445 e. The number of carbonyl (C=O) groups is 3. The number of aromatic nitrogens is 2. The number of ether oxygens (including phenoxy) is 3. The summed E-state index contributed by atoms with van der Waals surface area (Å²) in [5.74, 6) is -0.959. The second kappa shape index (κ2) is 13.8. The molecule has 2 N–H and O–H groups in total. The van der Waals surface area contributed by atoms with Gasteiger partial charge in [-0.05, 0) is 41.0 Å². The molecule has 0 radical (unpaired) electrons. The lowest BCUT2D eigenvalue weighted by Crippen LogP contribution is -2.42. The van der Waals surface area contributed by atoms with E-state index in [0.29, 0.717) is 24.2 Å². The van der Waals surface area contributed by atoms with Crippen molar-refractivity contribution in [1.29, 1.82) is 0 Å². The van der Waals surface area contributed by atoms with E-state index < -0.39 is 30.2 Å². The van der Waals surface area contributed by atoms with Crippen molar-refractivity contribution >= 4 is 34.6 Å². The highest BCUT2D eigenvalue weighted by atomic mass is 16.7. The quantitative estimate of drug-likeness (QED) is 0.206. The minimum absolute atomic E-state index is 0.0443. The van der Waals surface area contributed by atoms with Crippen molar-refractivity contribution in [2.75, 3.05) is 4.90 Å². The van der Waals surface area contributed by atoms with E-state index in [1.165, 1.54) is 0 Å². The zero-order valence-corrected chi connectivity index (χ0v) is 26.0. The number of imidazole rings is 1. The first-order valence-electron chi connectivity index (χ1n) is 15.8. The summed E-state index contributed by atoms with van der Waals surface area (Å²) in [4.78, 5) is 44.1. The average molecular weight is 647 g/mol. The summed E-state index contributed by atoms with van der Waals surface area (Å²) in [5.41, 5.74) is 5.59. The predicted octanol–water partition coefficient (Wildman–Crippen LogP) is 5.33. The first kappa shape index (κ1) is 31.3. The molecule has 48 heavy (non-hydrogen) atoms. The van der Waals surface area contributed by atoms with Gasteiger partial charge in [0.1, 0.15) is 12.6 Å². The van der Waals surface area contributed by atoms with E-state index >= 15 is 0 Å². The number of hydrogen-bond acceptors (Lipinski definition) is 8. The zero-order chi connectivity index (χ0) is 33.0. The zero-order valence-electron chi connectivity index (χ0n) is 26.0. The van der Waals surface area contributed by atoms with Crippen molar-refractivity contribution in [2.24, 2.45) is 0 Å². The van der Waals surface area contributed by atoms with Gasteiger partial charge in [0.25, 0.3) is 5.91 Å². The summed E-state index contributed by atoms with van der Waals surface area (Å²) < 4.78 is 20.3. The lowest BCUT2D eigenvalue weighted by molar-refractivity contribution is -0.252. The van der Waals surface area contributed by atoms with Gasteiger partial charge in [0.15, 0.2) is 6.29 Å². The number of nitrogens with one attached hydrogen (secondary N) is 1. The molecular weight excluding hydrogens is 612 g/mol. The van der Waals surface area contributed by atoms with Crippen molar-refractivity contribution in [3.05, 3.63) is 132 Å². The van der Waals surface area contributed by atoms with Crippen LogP contribution < -0.4 is 10.2 Å². The third-order valence-electron chi connectivity index (χ3n) is 8.62. The van der Waals surface area contributed by atoms with Crippen LogP contribution in [0.3, 0.4) is 0 Å². The molecule has 11 heteroatoms. The van der Waals surface area contributed by atoms with Gasteiger partial charge in [-0.2, -0.15) is 0 Å². The topological polar surface area (TPSA) is 132 Å². The Labute approximate surface area is 276 Å². The van der Waals surface area contributed by atoms with Gasteiger partial charge in [-0.25, -0.2) is 14.7 Å². The third-order valence-corrected chi connectivity index (χ3v) is 8.62. The number of aliphatic hydroxyl groups excluding tert-OH is 1. The second-order valence-corrected chi connectivity index (χ2v) is 11.9. The number of fused-ring (bicyclic) bond motifs is 1. The molecule has 11 nitrogen and oxygen atoms in total. The lowest BCUT2D eigenvalue weighted by Gasteiger charge is -2.36. The van der Waals surface area contributed by atoms with Crippen LogP contribution in [0.25, 0.3) is 11.0 Å². The van der Waals surface area contributed by atoms with Gasteiger partial charge in [-0.3, -0.25) is 9.59 Å². The molecular formula is C37H34N4O7. The van der Waals surface area contributed by atoms with Gasteiger partial charge in [0.05, 0.1) is 54.8 Å². The molecule has 2 fully saturated rings. The molecule has 4 aromatic carbocycles. The summed E-state index contributed by atoms with van der Waals surface area (Å²) in [6, 6.07) is 30.7. The van der Waals surface area contributed by atoms with Gasteiger partial charge in [-0.1, -0.05) is 78.9 Å². The number of para-hydroxylation sites is 2. The predicted molar refractivity (Wildman–Crippen MR) is 175 cm³/mol. The maximum absolute atomic E-state index is 13.2. The van der Waals surface area contributed by atoms with Gasteiger partial charge in [0, 0.05) is 12.0 Å². The Morgan fingerprint density at radius 3 is 2.38 bits per heavy atom. The molecule has 0 saturated carbocycles. The molecule has 4 atom stereocenters. The van der Waals surface area contributed by atoms with Crippen LogP contribution in [-0.2, 0) is 43.6 Å². The van der Waals surface area contributed by atoms with E-state index in [1.54, 1.807) is 24.3 Å². The second-order valence-electron chi connectivity index (χ2n) is 11.9. The number of aliphatic hydroxyl groups is 1. The molecule has 5 aromatic rings. The number of nitrogens with zero attached hydrogens (tertiary/aromatic N) is 3. The van der Waals surface area contributed by atoms with Crippen LogP contribution in [0.2, 0.25) is 0 Å². The van der Waals surface area contributed by atoms with Crippen LogP contribution in [0.4, 0.5) is 10.5 Å². The monoisotopic (exact) mass is 646 g/mol.